The van der Waals surface area contributed by atoms with Crippen molar-refractivity contribution in [2.45, 2.75) is 19.5 Å². The molecule has 1 N–H and O–H groups in total. The Morgan fingerprint density at radius 2 is 1.71 bits per heavy atom. The number of non-ortho nitro benzene ring substituents is 1. The molecule has 3 aromatic carbocycles. The Hall–Kier alpha value is -4.46. The first-order chi connectivity index (χ1) is 16.5. The number of aromatic amines is 1. The second kappa shape index (κ2) is 8.47. The molecule has 1 unspecified atom stereocenters. The highest BCUT2D eigenvalue weighted by molar-refractivity contribution is 6.00. The number of nitrogens with zero attached hydrogens (tertiary/aromatic N) is 3. The van der Waals surface area contributed by atoms with E-state index in [1.807, 2.05) is 55.5 Å². The molecule has 1 amide bonds. The zero-order valence-electron chi connectivity index (χ0n) is 18.7. The number of carbonyl (C=O) groups excluding carboxylic acids is 1. The number of rotatable bonds is 6. The zero-order chi connectivity index (χ0) is 23.8. The summed E-state index contributed by atoms with van der Waals surface area (Å²) in [5, 5.41) is 18.6. The number of amides is 1. The number of hydrogen-bond donors (Lipinski definition) is 1. The summed E-state index contributed by atoms with van der Waals surface area (Å²) < 4.78 is 5.24. The number of carbonyl (C=O) groups is 1. The van der Waals surface area contributed by atoms with Crippen molar-refractivity contribution >= 4 is 11.6 Å². The highest BCUT2D eigenvalue weighted by Gasteiger charge is 2.42. The highest BCUT2D eigenvalue weighted by atomic mass is 16.6. The number of nitro groups is 1. The van der Waals surface area contributed by atoms with E-state index in [1.54, 1.807) is 24.1 Å². The van der Waals surface area contributed by atoms with Crippen molar-refractivity contribution in [1.82, 2.24) is 15.1 Å². The fraction of sp³-hybridized carbons (Fsp3) is 0.154. The van der Waals surface area contributed by atoms with E-state index < -0.39 is 11.0 Å². The number of hydrogen-bond acceptors (Lipinski definition) is 5. The first-order valence-corrected chi connectivity index (χ1v) is 10.8. The van der Waals surface area contributed by atoms with Crippen molar-refractivity contribution in [3.8, 4) is 17.0 Å². The number of benzene rings is 3. The second-order valence-electron chi connectivity index (χ2n) is 8.26. The van der Waals surface area contributed by atoms with Crippen LogP contribution in [-0.4, -0.2) is 33.0 Å². The van der Waals surface area contributed by atoms with Crippen LogP contribution in [0.15, 0.2) is 72.8 Å². The van der Waals surface area contributed by atoms with E-state index in [0.717, 1.165) is 33.6 Å². The van der Waals surface area contributed by atoms with E-state index in [4.69, 9.17) is 4.74 Å². The van der Waals surface area contributed by atoms with Gasteiger partial charge in [0.1, 0.15) is 11.4 Å². The molecule has 0 saturated heterocycles. The fourth-order valence-electron chi connectivity index (χ4n) is 4.34. The minimum atomic E-state index is -0.444. The third-order valence-corrected chi connectivity index (χ3v) is 6.12. The van der Waals surface area contributed by atoms with E-state index in [0.29, 0.717) is 17.9 Å². The fourth-order valence-corrected chi connectivity index (χ4v) is 4.34. The van der Waals surface area contributed by atoms with Gasteiger partial charge in [-0.3, -0.25) is 20.0 Å². The molecule has 170 valence electrons. The quantitative estimate of drug-likeness (QED) is 0.325. The van der Waals surface area contributed by atoms with Crippen LogP contribution in [0.5, 0.6) is 5.75 Å². The van der Waals surface area contributed by atoms with Crippen LogP contribution in [0.2, 0.25) is 0 Å². The van der Waals surface area contributed by atoms with E-state index in [1.165, 1.54) is 12.1 Å². The van der Waals surface area contributed by atoms with Gasteiger partial charge in [0.2, 0.25) is 0 Å². The van der Waals surface area contributed by atoms with Gasteiger partial charge in [-0.15, -0.1) is 0 Å². The van der Waals surface area contributed by atoms with Crippen molar-refractivity contribution < 1.29 is 14.5 Å². The lowest BCUT2D eigenvalue weighted by molar-refractivity contribution is -0.384. The largest absolute Gasteiger partial charge is 0.497 e. The summed E-state index contributed by atoms with van der Waals surface area (Å²) >= 11 is 0. The Morgan fingerprint density at radius 1 is 1.03 bits per heavy atom. The highest BCUT2D eigenvalue weighted by Crippen LogP contribution is 2.43. The topological polar surface area (TPSA) is 101 Å². The molecule has 0 fully saturated rings. The number of H-pyrrole nitrogens is 1. The second-order valence-corrected chi connectivity index (χ2v) is 8.26. The van der Waals surface area contributed by atoms with Crippen molar-refractivity contribution in [3.05, 3.63) is 111 Å². The lowest BCUT2D eigenvalue weighted by Gasteiger charge is -2.26. The van der Waals surface area contributed by atoms with Gasteiger partial charge in [0.15, 0.2) is 0 Å². The monoisotopic (exact) mass is 454 g/mol. The molecule has 0 aliphatic carbocycles. The Morgan fingerprint density at radius 3 is 2.32 bits per heavy atom. The van der Waals surface area contributed by atoms with Crippen molar-refractivity contribution in [2.75, 3.05) is 7.11 Å². The van der Waals surface area contributed by atoms with Crippen molar-refractivity contribution in [2.24, 2.45) is 0 Å². The van der Waals surface area contributed by atoms with Gasteiger partial charge in [-0.2, -0.15) is 5.10 Å². The van der Waals surface area contributed by atoms with Gasteiger partial charge in [-0.1, -0.05) is 42.0 Å². The average Bonchev–Trinajstić information content (AvgIpc) is 3.39. The Balaban J connectivity index is 1.60. The van der Waals surface area contributed by atoms with Gasteiger partial charge in [-0.05, 0) is 42.3 Å². The zero-order valence-corrected chi connectivity index (χ0v) is 18.7. The van der Waals surface area contributed by atoms with E-state index in [2.05, 4.69) is 10.2 Å². The molecule has 1 aromatic heterocycles. The molecule has 4 aromatic rings. The molecule has 5 rings (SSSR count). The van der Waals surface area contributed by atoms with E-state index in [-0.39, 0.29) is 11.6 Å². The Bertz CT molecular complexity index is 1360. The minimum Gasteiger partial charge on any atom is -0.497 e. The lowest BCUT2D eigenvalue weighted by Crippen LogP contribution is -2.29. The third-order valence-electron chi connectivity index (χ3n) is 6.12. The standard InChI is InChI=1S/C26H22N4O4/c1-16-3-7-18(8-4-16)23-22-24(28-27-23)26(31)29(15-17-5-13-21(34-2)14-6-17)25(22)19-9-11-20(12-10-19)30(32)33/h3-14,25H,15H2,1-2H3,(H,27,28). The summed E-state index contributed by atoms with van der Waals surface area (Å²) in [6.45, 7) is 2.37. The predicted molar refractivity (Wildman–Crippen MR) is 127 cm³/mol. The summed E-state index contributed by atoms with van der Waals surface area (Å²) in [5.74, 6) is 0.569. The van der Waals surface area contributed by atoms with Crippen LogP contribution in [0.3, 0.4) is 0 Å². The SMILES string of the molecule is COc1ccc(CN2C(=O)c3[nH]nc(-c4ccc(C)cc4)c3C2c2ccc([N+](=O)[O-])cc2)cc1. The number of fused-ring (bicyclic) bond motifs is 1. The maximum absolute atomic E-state index is 13.5. The molecule has 1 aliphatic rings. The molecular formula is C26H22N4O4. The molecule has 0 spiro atoms. The van der Waals surface area contributed by atoms with Crippen LogP contribution in [0.4, 0.5) is 5.69 Å². The molecule has 0 saturated carbocycles. The normalized spacial score (nSPS) is 14.8. The number of aromatic nitrogens is 2. The molecule has 8 heteroatoms. The summed E-state index contributed by atoms with van der Waals surface area (Å²) in [7, 11) is 1.61. The number of ether oxygens (including phenoxy) is 1. The van der Waals surface area contributed by atoms with E-state index >= 15 is 0 Å². The first kappa shape index (κ1) is 21.4. The average molecular weight is 454 g/mol. The molecule has 2 heterocycles. The maximum atomic E-state index is 13.5. The molecule has 0 radical (unpaired) electrons. The number of aryl methyl sites for hydroxylation is 1. The molecule has 1 aliphatic heterocycles. The Labute approximate surface area is 196 Å². The van der Waals surface area contributed by atoms with Gasteiger partial charge >= 0.3 is 0 Å². The number of methoxy groups -OCH3 is 1. The maximum Gasteiger partial charge on any atom is 0.273 e. The summed E-state index contributed by atoms with van der Waals surface area (Å²) in [4.78, 5) is 26.0. The molecule has 8 nitrogen and oxygen atoms in total. The van der Waals surface area contributed by atoms with Crippen LogP contribution in [0.25, 0.3) is 11.3 Å². The smallest absolute Gasteiger partial charge is 0.273 e. The molecular weight excluding hydrogens is 432 g/mol. The third kappa shape index (κ3) is 3.69. The number of nitrogens with one attached hydrogen (secondary N) is 1. The molecule has 0 bridgehead atoms. The van der Waals surface area contributed by atoms with Crippen LogP contribution in [0, 0.1) is 17.0 Å². The lowest BCUT2D eigenvalue weighted by atomic mass is 9.95. The van der Waals surface area contributed by atoms with Crippen molar-refractivity contribution in [3.63, 3.8) is 0 Å². The van der Waals surface area contributed by atoms with Gasteiger partial charge in [0.25, 0.3) is 11.6 Å². The number of nitro benzene ring substituents is 1. The predicted octanol–water partition coefficient (Wildman–Crippen LogP) is 5.05. The van der Waals surface area contributed by atoms with Crippen molar-refractivity contribution in [1.29, 1.82) is 0 Å². The van der Waals surface area contributed by atoms with Crippen LogP contribution in [0.1, 0.15) is 38.8 Å². The summed E-state index contributed by atoms with van der Waals surface area (Å²) in [6, 6.07) is 21.4. The van der Waals surface area contributed by atoms with Crippen LogP contribution >= 0.6 is 0 Å². The van der Waals surface area contributed by atoms with Crippen LogP contribution in [-0.2, 0) is 6.54 Å². The van der Waals surface area contributed by atoms with Gasteiger partial charge in [0, 0.05) is 29.8 Å². The van der Waals surface area contributed by atoms with Gasteiger partial charge in [0.05, 0.1) is 23.8 Å². The first-order valence-electron chi connectivity index (χ1n) is 10.8. The molecule has 1 atom stereocenters. The summed E-state index contributed by atoms with van der Waals surface area (Å²) in [6.07, 6.45) is 0. The van der Waals surface area contributed by atoms with Crippen LogP contribution < -0.4 is 4.74 Å². The molecule has 34 heavy (non-hydrogen) atoms. The Kier molecular flexibility index (Phi) is 5.33. The van der Waals surface area contributed by atoms with Gasteiger partial charge in [-0.25, -0.2) is 0 Å². The summed E-state index contributed by atoms with van der Waals surface area (Å²) in [5.41, 5.74) is 5.65. The van der Waals surface area contributed by atoms with Gasteiger partial charge < -0.3 is 9.64 Å². The van der Waals surface area contributed by atoms with E-state index in [9.17, 15) is 14.9 Å². The minimum absolute atomic E-state index is 0.000882.